The Morgan fingerprint density at radius 1 is 1.39 bits per heavy atom. The van der Waals surface area contributed by atoms with Crippen LogP contribution in [0.2, 0.25) is 0 Å². The van der Waals surface area contributed by atoms with E-state index in [0.29, 0.717) is 0 Å². The first kappa shape index (κ1) is 12.0. The molecule has 2 aromatic heterocycles. The Morgan fingerprint density at radius 2 is 2.22 bits per heavy atom. The van der Waals surface area contributed by atoms with Gasteiger partial charge in [-0.05, 0) is 19.1 Å². The van der Waals surface area contributed by atoms with Crippen molar-refractivity contribution in [2.45, 2.75) is 6.92 Å². The Balaban J connectivity index is 2.39. The minimum Gasteiger partial charge on any atom is -0.461 e. The molecule has 92 valence electrons. The third kappa shape index (κ3) is 2.27. The van der Waals surface area contributed by atoms with E-state index >= 15 is 0 Å². The molecule has 0 unspecified atom stereocenters. The zero-order valence-electron chi connectivity index (χ0n) is 9.74. The van der Waals surface area contributed by atoms with Crippen LogP contribution in [-0.4, -0.2) is 33.0 Å². The number of hydrogen-bond acceptors (Lipinski definition) is 5. The van der Waals surface area contributed by atoms with E-state index in [4.69, 9.17) is 4.74 Å². The van der Waals surface area contributed by atoms with Gasteiger partial charge in [-0.1, -0.05) is 0 Å². The smallest absolute Gasteiger partial charge is 0.357 e. The maximum absolute atomic E-state index is 12.1. The van der Waals surface area contributed by atoms with Crippen molar-refractivity contribution in [3.05, 3.63) is 48.3 Å². The van der Waals surface area contributed by atoms with Crippen LogP contribution in [-0.2, 0) is 4.74 Å². The van der Waals surface area contributed by atoms with Gasteiger partial charge < -0.3 is 4.74 Å². The molecule has 6 nitrogen and oxygen atoms in total. The van der Waals surface area contributed by atoms with Crippen LogP contribution >= 0.6 is 0 Å². The molecule has 0 saturated carbocycles. The number of imidazole rings is 1. The lowest BCUT2D eigenvalue weighted by molar-refractivity contribution is 0.0515. The number of carbonyl (C=O) groups excluding carboxylic acids is 2. The molecule has 2 heterocycles. The summed E-state index contributed by atoms with van der Waals surface area (Å²) in [6, 6.07) is 3.12. The Hall–Kier alpha value is -2.50. The Morgan fingerprint density at radius 3 is 2.89 bits per heavy atom. The molecule has 2 rings (SSSR count). The van der Waals surface area contributed by atoms with Crippen molar-refractivity contribution >= 4 is 11.9 Å². The molecule has 0 fully saturated rings. The van der Waals surface area contributed by atoms with Gasteiger partial charge in [0.2, 0.25) is 0 Å². The van der Waals surface area contributed by atoms with Gasteiger partial charge in [0.15, 0.2) is 5.69 Å². The van der Waals surface area contributed by atoms with Crippen molar-refractivity contribution in [1.29, 1.82) is 0 Å². The molecule has 18 heavy (non-hydrogen) atoms. The van der Waals surface area contributed by atoms with Gasteiger partial charge in [-0.25, -0.2) is 14.8 Å². The second kappa shape index (κ2) is 5.22. The number of rotatable bonds is 3. The fraction of sp³-hybridized carbons (Fsp3) is 0.167. The number of carbonyl (C=O) groups is 2. The van der Waals surface area contributed by atoms with Crippen LogP contribution in [0.4, 0.5) is 0 Å². The highest BCUT2D eigenvalue weighted by Gasteiger charge is 2.20. The number of pyridine rings is 1. The normalized spacial score (nSPS) is 10.1. The summed E-state index contributed by atoms with van der Waals surface area (Å²) in [4.78, 5) is 31.5. The molecule has 2 aromatic rings. The van der Waals surface area contributed by atoms with Crippen LogP contribution in [0.5, 0.6) is 0 Å². The first-order valence-electron chi connectivity index (χ1n) is 5.39. The van der Waals surface area contributed by atoms with Crippen molar-refractivity contribution in [2.24, 2.45) is 0 Å². The minimum atomic E-state index is -0.610. The van der Waals surface area contributed by atoms with Gasteiger partial charge >= 0.3 is 5.97 Å². The number of aromatic nitrogens is 3. The standard InChI is InChI=1S/C12H11N3O3/c1-2-18-12(17)10-9(4-3-5-14-10)11(16)15-7-6-13-8-15/h3-8H,2H2,1H3. The highest BCUT2D eigenvalue weighted by Crippen LogP contribution is 2.09. The van der Waals surface area contributed by atoms with Gasteiger partial charge in [-0.3, -0.25) is 9.36 Å². The lowest BCUT2D eigenvalue weighted by atomic mass is 10.2. The largest absolute Gasteiger partial charge is 0.461 e. The fourth-order valence-electron chi connectivity index (χ4n) is 1.46. The number of ether oxygens (including phenoxy) is 1. The highest BCUT2D eigenvalue weighted by atomic mass is 16.5. The van der Waals surface area contributed by atoms with E-state index < -0.39 is 5.97 Å². The second-order valence-electron chi connectivity index (χ2n) is 3.40. The van der Waals surface area contributed by atoms with Crippen LogP contribution in [0.1, 0.15) is 27.8 Å². The van der Waals surface area contributed by atoms with E-state index in [2.05, 4.69) is 9.97 Å². The molecule has 0 radical (unpaired) electrons. The maximum atomic E-state index is 12.1. The molecule has 0 saturated heterocycles. The molecule has 6 heteroatoms. The summed E-state index contributed by atoms with van der Waals surface area (Å²) in [7, 11) is 0. The van der Waals surface area contributed by atoms with Gasteiger partial charge in [0.1, 0.15) is 6.33 Å². The molecule has 0 bridgehead atoms. The fourth-order valence-corrected chi connectivity index (χ4v) is 1.46. The molecule has 0 aliphatic carbocycles. The van der Waals surface area contributed by atoms with E-state index in [1.54, 1.807) is 13.0 Å². The quantitative estimate of drug-likeness (QED) is 0.758. The van der Waals surface area contributed by atoms with E-state index in [0.717, 1.165) is 0 Å². The molecule has 0 atom stereocenters. The molecule has 0 N–H and O–H groups in total. The number of nitrogens with zero attached hydrogens (tertiary/aromatic N) is 3. The summed E-state index contributed by atoms with van der Waals surface area (Å²) >= 11 is 0. The second-order valence-corrected chi connectivity index (χ2v) is 3.40. The summed E-state index contributed by atoms with van der Waals surface area (Å²) in [5, 5.41) is 0. The number of hydrogen-bond donors (Lipinski definition) is 0. The maximum Gasteiger partial charge on any atom is 0.357 e. The topological polar surface area (TPSA) is 74.1 Å². The lowest BCUT2D eigenvalue weighted by Gasteiger charge is -2.06. The van der Waals surface area contributed by atoms with E-state index in [9.17, 15) is 9.59 Å². The highest BCUT2D eigenvalue weighted by molar-refractivity contribution is 6.04. The van der Waals surface area contributed by atoms with Crippen molar-refractivity contribution in [2.75, 3.05) is 6.61 Å². The van der Waals surface area contributed by atoms with Crippen molar-refractivity contribution in [1.82, 2.24) is 14.5 Å². The summed E-state index contributed by atoms with van der Waals surface area (Å²) in [6.45, 7) is 1.92. The minimum absolute atomic E-state index is 0.0121. The Labute approximate surface area is 103 Å². The third-order valence-electron chi connectivity index (χ3n) is 2.25. The van der Waals surface area contributed by atoms with Gasteiger partial charge in [-0.2, -0.15) is 0 Å². The van der Waals surface area contributed by atoms with Crippen LogP contribution in [0, 0.1) is 0 Å². The third-order valence-corrected chi connectivity index (χ3v) is 2.25. The summed E-state index contributed by atoms with van der Waals surface area (Å²) in [6.07, 6.45) is 5.80. The van der Waals surface area contributed by atoms with Crippen molar-refractivity contribution in [3.63, 3.8) is 0 Å². The zero-order valence-corrected chi connectivity index (χ0v) is 9.74. The SMILES string of the molecule is CCOC(=O)c1ncccc1C(=O)n1ccnc1. The first-order chi connectivity index (χ1) is 8.74. The summed E-state index contributed by atoms with van der Waals surface area (Å²) in [5.41, 5.74) is 0.201. The van der Waals surface area contributed by atoms with Gasteiger partial charge in [0, 0.05) is 18.6 Å². The summed E-state index contributed by atoms with van der Waals surface area (Å²) in [5.74, 6) is -0.981. The Bertz CT molecular complexity index is 564. The molecule has 0 spiro atoms. The number of esters is 1. The van der Waals surface area contributed by atoms with E-state index in [1.165, 1.54) is 35.6 Å². The molecule has 0 aliphatic heterocycles. The molecular formula is C12H11N3O3. The first-order valence-corrected chi connectivity index (χ1v) is 5.39. The molecule has 0 aliphatic rings. The molecular weight excluding hydrogens is 234 g/mol. The average Bonchev–Trinajstić information content (AvgIpc) is 2.92. The van der Waals surface area contributed by atoms with E-state index in [1.807, 2.05) is 0 Å². The van der Waals surface area contributed by atoms with Gasteiger partial charge in [0.05, 0.1) is 12.2 Å². The van der Waals surface area contributed by atoms with E-state index in [-0.39, 0.29) is 23.8 Å². The predicted octanol–water partition coefficient (Wildman–Crippen LogP) is 1.14. The average molecular weight is 245 g/mol. The van der Waals surface area contributed by atoms with Crippen LogP contribution < -0.4 is 0 Å². The van der Waals surface area contributed by atoms with Gasteiger partial charge in [0.25, 0.3) is 5.91 Å². The lowest BCUT2D eigenvalue weighted by Crippen LogP contribution is -2.18. The zero-order chi connectivity index (χ0) is 13.0. The van der Waals surface area contributed by atoms with Crippen LogP contribution in [0.25, 0.3) is 0 Å². The molecule has 0 aromatic carbocycles. The van der Waals surface area contributed by atoms with Crippen molar-refractivity contribution in [3.8, 4) is 0 Å². The van der Waals surface area contributed by atoms with Crippen LogP contribution in [0.3, 0.4) is 0 Å². The monoisotopic (exact) mass is 245 g/mol. The molecule has 0 amide bonds. The van der Waals surface area contributed by atoms with Crippen molar-refractivity contribution < 1.29 is 14.3 Å². The van der Waals surface area contributed by atoms with Gasteiger partial charge in [-0.15, -0.1) is 0 Å². The van der Waals surface area contributed by atoms with Crippen LogP contribution in [0.15, 0.2) is 37.1 Å². The predicted molar refractivity (Wildman–Crippen MR) is 62.1 cm³/mol. The summed E-state index contributed by atoms with van der Waals surface area (Å²) < 4.78 is 6.14. The Kier molecular flexibility index (Phi) is 3.47.